The van der Waals surface area contributed by atoms with E-state index < -0.39 is 35.9 Å². The molecule has 1 radical (unpaired) electrons. The van der Waals surface area contributed by atoms with Gasteiger partial charge in [-0.05, 0) is 32.7 Å². The number of rotatable bonds is 11. The number of carboxylic acid groups (broad SMARTS) is 1. The van der Waals surface area contributed by atoms with Gasteiger partial charge in [0.25, 0.3) is 0 Å². The summed E-state index contributed by atoms with van der Waals surface area (Å²) in [4.78, 5) is 42.4. The molecule has 0 fully saturated rings. The summed E-state index contributed by atoms with van der Waals surface area (Å²) in [6.45, 7) is 1.94. The largest absolute Gasteiger partial charge is 0.480 e. The minimum atomic E-state index is -1.14. The van der Waals surface area contributed by atoms with Crippen molar-refractivity contribution in [3.63, 3.8) is 0 Å². The molecule has 1 heterocycles. The first-order valence-corrected chi connectivity index (χ1v) is 8.11. The van der Waals surface area contributed by atoms with Gasteiger partial charge in [-0.1, -0.05) is 0 Å². The molecule has 151 valence electrons. The Hall–Kier alpha value is -1.94. The number of carbonyl (C=O) groups is 3. The van der Waals surface area contributed by atoms with Crippen LogP contribution in [0.4, 0.5) is 0 Å². The average molecular weight is 418 g/mol. The Labute approximate surface area is 162 Å². The zero-order valence-electron chi connectivity index (χ0n) is 14.5. The average Bonchev–Trinajstić information content (AvgIpc) is 3.06. The zero-order valence-corrected chi connectivity index (χ0v) is 15.4. The van der Waals surface area contributed by atoms with Gasteiger partial charge in [-0.3, -0.25) is 9.59 Å². The van der Waals surface area contributed by atoms with Crippen LogP contribution < -0.4 is 22.1 Å². The van der Waals surface area contributed by atoms with E-state index in [1.54, 1.807) is 0 Å². The number of aromatic nitrogens is 2. The first kappa shape index (κ1) is 24.1. The Morgan fingerprint density at radius 1 is 1.23 bits per heavy atom. The van der Waals surface area contributed by atoms with Gasteiger partial charge in [-0.25, -0.2) is 9.78 Å². The molecule has 0 aliphatic rings. The van der Waals surface area contributed by atoms with E-state index in [0.29, 0.717) is 25.1 Å². The van der Waals surface area contributed by atoms with Crippen LogP contribution in [0.3, 0.4) is 0 Å². The summed E-state index contributed by atoms with van der Waals surface area (Å²) >= 11 is 0. The molecular weight excluding hydrogens is 392 g/mol. The summed E-state index contributed by atoms with van der Waals surface area (Å²) in [5, 5.41) is 14.3. The van der Waals surface area contributed by atoms with Crippen LogP contribution in [-0.2, 0) is 37.9 Å². The second-order valence-corrected chi connectivity index (χ2v) is 5.81. The van der Waals surface area contributed by atoms with Crippen LogP contribution in [0.1, 0.15) is 31.9 Å². The number of aromatic amines is 1. The smallest absolute Gasteiger partial charge is 0.326 e. The van der Waals surface area contributed by atoms with Crippen LogP contribution in [0.5, 0.6) is 0 Å². The van der Waals surface area contributed by atoms with Gasteiger partial charge in [0.2, 0.25) is 11.8 Å². The quantitative estimate of drug-likeness (QED) is 0.187. The monoisotopic (exact) mass is 417 g/mol. The summed E-state index contributed by atoms with van der Waals surface area (Å²) in [5.41, 5.74) is 11.5. The number of nitrogens with two attached hydrogens (primary N) is 2. The summed E-state index contributed by atoms with van der Waals surface area (Å²) in [6.07, 6.45) is 4.61. The van der Waals surface area contributed by atoms with Crippen molar-refractivity contribution in [2.24, 2.45) is 11.5 Å². The normalized spacial score (nSPS) is 13.8. The molecule has 0 saturated carbocycles. The van der Waals surface area contributed by atoms with Crippen LogP contribution >= 0.6 is 0 Å². The number of imidazole rings is 1. The fraction of sp³-hybridized carbons (Fsp3) is 0.600. The minimum absolute atomic E-state index is 0. The number of nitrogens with zero attached hydrogens (tertiary/aromatic N) is 1. The van der Waals surface area contributed by atoms with Crippen molar-refractivity contribution in [1.29, 1.82) is 0 Å². The number of unbranched alkanes of at least 4 members (excludes halogenated alkanes) is 1. The van der Waals surface area contributed by atoms with Crippen molar-refractivity contribution in [3.8, 4) is 0 Å². The second kappa shape index (κ2) is 12.4. The van der Waals surface area contributed by atoms with Gasteiger partial charge >= 0.3 is 5.97 Å². The molecule has 0 bridgehead atoms. The maximum atomic E-state index is 12.5. The Morgan fingerprint density at radius 3 is 2.38 bits per heavy atom. The van der Waals surface area contributed by atoms with Crippen LogP contribution in [0.25, 0.3) is 0 Å². The van der Waals surface area contributed by atoms with Gasteiger partial charge in [0.1, 0.15) is 12.1 Å². The molecule has 0 unspecified atom stereocenters. The van der Waals surface area contributed by atoms with Crippen LogP contribution in [-0.4, -0.2) is 57.5 Å². The number of aliphatic carboxylic acids is 1. The Bertz CT molecular complexity index is 566. The van der Waals surface area contributed by atoms with E-state index in [1.807, 2.05) is 0 Å². The zero-order chi connectivity index (χ0) is 18.8. The molecule has 0 aromatic carbocycles. The third kappa shape index (κ3) is 8.43. The number of hydrogen-bond donors (Lipinski definition) is 6. The first-order chi connectivity index (χ1) is 11.8. The standard InChI is InChI=1S/C15H26N6O4.Cu/c1-9(17)13(22)21-12(6-10-7-18-8-19-10)14(23)20-11(15(24)25)4-2-3-5-16;/h7-9,11-12H,2-6,16-17H2,1H3,(H,18,19)(H,20,23)(H,21,22)(H,24,25);/t9-,11-,12-;/m0./s1. The van der Waals surface area contributed by atoms with E-state index in [2.05, 4.69) is 20.6 Å². The van der Waals surface area contributed by atoms with E-state index in [4.69, 9.17) is 11.5 Å². The summed E-state index contributed by atoms with van der Waals surface area (Å²) in [7, 11) is 0. The van der Waals surface area contributed by atoms with E-state index >= 15 is 0 Å². The van der Waals surface area contributed by atoms with Crippen molar-refractivity contribution in [3.05, 3.63) is 18.2 Å². The fourth-order valence-corrected chi connectivity index (χ4v) is 2.15. The molecule has 3 atom stereocenters. The first-order valence-electron chi connectivity index (χ1n) is 8.11. The molecule has 0 spiro atoms. The van der Waals surface area contributed by atoms with Crippen molar-refractivity contribution in [2.45, 2.75) is 50.7 Å². The number of hydrogen-bond acceptors (Lipinski definition) is 6. The van der Waals surface area contributed by atoms with Gasteiger partial charge in [0.15, 0.2) is 0 Å². The molecule has 2 amide bonds. The number of carbonyl (C=O) groups excluding carboxylic acids is 2. The van der Waals surface area contributed by atoms with Gasteiger partial charge in [-0.15, -0.1) is 0 Å². The predicted octanol–water partition coefficient (Wildman–Crippen LogP) is -1.52. The van der Waals surface area contributed by atoms with Crippen molar-refractivity contribution < 1.29 is 36.6 Å². The maximum Gasteiger partial charge on any atom is 0.326 e. The SMILES string of the molecule is C[C@H](N)C(=O)N[C@@H](Cc1cnc[nH]1)C(=O)N[C@@H](CCCCN)C(=O)O.[Cu]. The summed E-state index contributed by atoms with van der Waals surface area (Å²) < 4.78 is 0. The topological polar surface area (TPSA) is 176 Å². The Balaban J connectivity index is 0.00000625. The van der Waals surface area contributed by atoms with Crippen molar-refractivity contribution in [2.75, 3.05) is 6.54 Å². The van der Waals surface area contributed by atoms with Gasteiger partial charge in [-0.2, -0.15) is 0 Å². The second-order valence-electron chi connectivity index (χ2n) is 5.81. The molecule has 1 rings (SSSR count). The Morgan fingerprint density at radius 2 is 1.88 bits per heavy atom. The summed E-state index contributed by atoms with van der Waals surface area (Å²) in [6, 6.07) is -2.80. The molecule has 1 aromatic heterocycles. The van der Waals surface area contributed by atoms with Gasteiger partial charge in [0.05, 0.1) is 12.4 Å². The van der Waals surface area contributed by atoms with Crippen LogP contribution in [0, 0.1) is 0 Å². The fourth-order valence-electron chi connectivity index (χ4n) is 2.15. The third-order valence-corrected chi connectivity index (χ3v) is 3.59. The molecular formula is C15H26CuN6O4. The van der Waals surface area contributed by atoms with Gasteiger partial charge in [0, 0.05) is 35.4 Å². The van der Waals surface area contributed by atoms with Crippen molar-refractivity contribution in [1.82, 2.24) is 20.6 Å². The number of amides is 2. The van der Waals surface area contributed by atoms with E-state index in [-0.39, 0.29) is 29.9 Å². The van der Waals surface area contributed by atoms with Crippen LogP contribution in [0.15, 0.2) is 12.5 Å². The molecule has 11 heteroatoms. The molecule has 0 aliphatic heterocycles. The number of nitrogens with one attached hydrogen (secondary N) is 3. The van der Waals surface area contributed by atoms with E-state index in [9.17, 15) is 19.5 Å². The van der Waals surface area contributed by atoms with Crippen molar-refractivity contribution >= 4 is 17.8 Å². The van der Waals surface area contributed by atoms with Gasteiger partial charge < -0.3 is 32.2 Å². The molecule has 0 saturated heterocycles. The maximum absolute atomic E-state index is 12.5. The van der Waals surface area contributed by atoms with E-state index in [0.717, 1.165) is 0 Å². The number of carboxylic acids is 1. The Kier molecular flexibility index (Phi) is 11.5. The molecule has 8 N–H and O–H groups in total. The third-order valence-electron chi connectivity index (χ3n) is 3.59. The molecule has 1 aromatic rings. The number of H-pyrrole nitrogens is 1. The molecule has 0 aliphatic carbocycles. The van der Waals surface area contributed by atoms with E-state index in [1.165, 1.54) is 19.4 Å². The minimum Gasteiger partial charge on any atom is -0.480 e. The molecule has 10 nitrogen and oxygen atoms in total. The molecule has 26 heavy (non-hydrogen) atoms. The predicted molar refractivity (Wildman–Crippen MR) is 90.3 cm³/mol. The summed E-state index contributed by atoms with van der Waals surface area (Å²) in [5.74, 6) is -2.23. The van der Waals surface area contributed by atoms with Crippen LogP contribution in [0.2, 0.25) is 0 Å².